The Bertz CT molecular complexity index is 771. The lowest BCUT2D eigenvalue weighted by atomic mass is 10.1. The topological polar surface area (TPSA) is 70.2 Å². The SMILES string of the molecule is CC(NC(=O)CNc1ccc(NC(=O)C2CC2)cc1)c1ccc(Br)cc1. The van der Waals surface area contributed by atoms with E-state index in [1.165, 1.54) is 0 Å². The van der Waals surface area contributed by atoms with Crippen LogP contribution in [0.25, 0.3) is 0 Å². The number of anilines is 2. The van der Waals surface area contributed by atoms with Crippen molar-refractivity contribution in [3.63, 3.8) is 0 Å². The Morgan fingerprint density at radius 2 is 1.65 bits per heavy atom. The second-order valence-corrected chi connectivity index (χ2v) is 7.45. The number of carbonyl (C=O) groups is 2. The van der Waals surface area contributed by atoms with Crippen LogP contribution < -0.4 is 16.0 Å². The van der Waals surface area contributed by atoms with E-state index in [0.717, 1.165) is 34.3 Å². The molecule has 0 bridgehead atoms. The number of nitrogens with one attached hydrogen (secondary N) is 3. The molecule has 3 rings (SSSR count). The molecule has 136 valence electrons. The van der Waals surface area contributed by atoms with E-state index < -0.39 is 0 Å². The van der Waals surface area contributed by atoms with Crippen LogP contribution in [0, 0.1) is 5.92 Å². The van der Waals surface area contributed by atoms with Crippen LogP contribution in [0.5, 0.6) is 0 Å². The second-order valence-electron chi connectivity index (χ2n) is 6.54. The molecule has 0 spiro atoms. The van der Waals surface area contributed by atoms with Gasteiger partial charge in [0.15, 0.2) is 0 Å². The van der Waals surface area contributed by atoms with Gasteiger partial charge in [-0.2, -0.15) is 0 Å². The lowest BCUT2D eigenvalue weighted by Crippen LogP contribution is -2.32. The van der Waals surface area contributed by atoms with Gasteiger partial charge in [0.1, 0.15) is 0 Å². The fraction of sp³-hybridized carbons (Fsp3) is 0.300. The zero-order valence-electron chi connectivity index (χ0n) is 14.6. The Morgan fingerprint density at radius 1 is 1.04 bits per heavy atom. The van der Waals surface area contributed by atoms with Crippen molar-refractivity contribution < 1.29 is 9.59 Å². The Hall–Kier alpha value is -2.34. The Labute approximate surface area is 161 Å². The summed E-state index contributed by atoms with van der Waals surface area (Å²) in [5.41, 5.74) is 2.67. The molecule has 1 unspecified atom stereocenters. The zero-order valence-corrected chi connectivity index (χ0v) is 16.2. The summed E-state index contributed by atoms with van der Waals surface area (Å²) >= 11 is 3.40. The summed E-state index contributed by atoms with van der Waals surface area (Å²) in [5, 5.41) is 8.96. The van der Waals surface area contributed by atoms with Gasteiger partial charge in [0.2, 0.25) is 11.8 Å². The molecule has 6 heteroatoms. The summed E-state index contributed by atoms with van der Waals surface area (Å²) in [6.45, 7) is 2.15. The number of carbonyl (C=O) groups excluding carboxylic acids is 2. The fourth-order valence-electron chi connectivity index (χ4n) is 2.57. The summed E-state index contributed by atoms with van der Waals surface area (Å²) < 4.78 is 1.01. The summed E-state index contributed by atoms with van der Waals surface area (Å²) in [6, 6.07) is 15.2. The molecule has 26 heavy (non-hydrogen) atoms. The first-order valence-corrected chi connectivity index (χ1v) is 9.50. The smallest absolute Gasteiger partial charge is 0.239 e. The first-order chi connectivity index (χ1) is 12.5. The van der Waals surface area contributed by atoms with Gasteiger partial charge in [0, 0.05) is 21.8 Å². The summed E-state index contributed by atoms with van der Waals surface area (Å²) in [4.78, 5) is 23.9. The third-order valence-corrected chi connectivity index (χ3v) is 4.83. The number of hydrogen-bond acceptors (Lipinski definition) is 3. The Morgan fingerprint density at radius 3 is 2.27 bits per heavy atom. The predicted molar refractivity (Wildman–Crippen MR) is 107 cm³/mol. The van der Waals surface area contributed by atoms with Crippen molar-refractivity contribution in [3.8, 4) is 0 Å². The van der Waals surface area contributed by atoms with Crippen molar-refractivity contribution in [2.45, 2.75) is 25.8 Å². The average Bonchev–Trinajstić information content (AvgIpc) is 3.47. The molecule has 0 aliphatic heterocycles. The minimum absolute atomic E-state index is 0.0580. The molecule has 1 saturated carbocycles. The van der Waals surface area contributed by atoms with E-state index in [1.807, 2.05) is 55.5 Å². The number of halogens is 1. The molecule has 0 saturated heterocycles. The van der Waals surface area contributed by atoms with Gasteiger partial charge in [-0.1, -0.05) is 28.1 Å². The normalized spacial score (nSPS) is 14.4. The zero-order chi connectivity index (χ0) is 18.5. The predicted octanol–water partition coefficient (Wildman–Crippen LogP) is 4.09. The first kappa shape index (κ1) is 18.5. The largest absolute Gasteiger partial charge is 0.376 e. The van der Waals surface area contributed by atoms with Crippen LogP contribution in [0.15, 0.2) is 53.0 Å². The van der Waals surface area contributed by atoms with Crippen LogP contribution in [0.1, 0.15) is 31.4 Å². The Balaban J connectivity index is 1.44. The van der Waals surface area contributed by atoms with Crippen LogP contribution in [0.3, 0.4) is 0 Å². The van der Waals surface area contributed by atoms with Gasteiger partial charge in [-0.05, 0) is 61.7 Å². The third kappa shape index (κ3) is 5.33. The number of rotatable bonds is 7. The van der Waals surface area contributed by atoms with E-state index in [4.69, 9.17) is 0 Å². The molecule has 2 aromatic carbocycles. The summed E-state index contributed by atoms with van der Waals surface area (Å²) in [5.74, 6) is 0.197. The minimum atomic E-state index is -0.0773. The lowest BCUT2D eigenvalue weighted by molar-refractivity contribution is -0.120. The van der Waals surface area contributed by atoms with Gasteiger partial charge in [-0.25, -0.2) is 0 Å². The quantitative estimate of drug-likeness (QED) is 0.637. The second kappa shape index (κ2) is 8.36. The van der Waals surface area contributed by atoms with Crippen molar-refractivity contribution in [2.75, 3.05) is 17.2 Å². The number of benzene rings is 2. The molecular formula is C20H22BrN3O2. The van der Waals surface area contributed by atoms with Crippen molar-refractivity contribution in [1.29, 1.82) is 0 Å². The van der Waals surface area contributed by atoms with Crippen molar-refractivity contribution in [3.05, 3.63) is 58.6 Å². The van der Waals surface area contributed by atoms with E-state index in [0.29, 0.717) is 0 Å². The highest BCUT2D eigenvalue weighted by atomic mass is 79.9. The summed E-state index contributed by atoms with van der Waals surface area (Å²) in [7, 11) is 0. The van der Waals surface area contributed by atoms with Crippen molar-refractivity contribution in [1.82, 2.24) is 5.32 Å². The minimum Gasteiger partial charge on any atom is -0.376 e. The van der Waals surface area contributed by atoms with Gasteiger partial charge in [-0.3, -0.25) is 9.59 Å². The molecule has 0 radical (unpaired) electrons. The molecule has 0 heterocycles. The molecule has 3 N–H and O–H groups in total. The van der Waals surface area contributed by atoms with Crippen molar-refractivity contribution in [2.24, 2.45) is 5.92 Å². The highest BCUT2D eigenvalue weighted by Crippen LogP contribution is 2.30. The van der Waals surface area contributed by atoms with Gasteiger partial charge in [0.25, 0.3) is 0 Å². The van der Waals surface area contributed by atoms with E-state index in [2.05, 4.69) is 31.9 Å². The van der Waals surface area contributed by atoms with Gasteiger partial charge >= 0.3 is 0 Å². The number of amides is 2. The molecule has 1 aliphatic rings. The highest BCUT2D eigenvalue weighted by molar-refractivity contribution is 9.10. The lowest BCUT2D eigenvalue weighted by Gasteiger charge is -2.15. The fourth-order valence-corrected chi connectivity index (χ4v) is 2.84. The maximum atomic E-state index is 12.1. The number of hydrogen-bond donors (Lipinski definition) is 3. The van der Waals surface area contributed by atoms with Gasteiger partial charge in [-0.15, -0.1) is 0 Å². The molecule has 0 aromatic heterocycles. The van der Waals surface area contributed by atoms with Gasteiger partial charge < -0.3 is 16.0 Å². The molecule has 1 fully saturated rings. The van der Waals surface area contributed by atoms with Crippen LogP contribution >= 0.6 is 15.9 Å². The maximum Gasteiger partial charge on any atom is 0.239 e. The summed E-state index contributed by atoms with van der Waals surface area (Å²) in [6.07, 6.45) is 1.97. The van der Waals surface area contributed by atoms with E-state index >= 15 is 0 Å². The van der Waals surface area contributed by atoms with Crippen LogP contribution in [0.2, 0.25) is 0 Å². The highest BCUT2D eigenvalue weighted by Gasteiger charge is 2.29. The standard InChI is InChI=1S/C20H22BrN3O2/c1-13(14-4-6-16(21)7-5-14)23-19(25)12-22-17-8-10-18(11-9-17)24-20(26)15-2-3-15/h4-11,13,15,22H,2-3,12H2,1H3,(H,23,25)(H,24,26). The molecule has 1 atom stereocenters. The molecule has 5 nitrogen and oxygen atoms in total. The molecule has 2 amide bonds. The van der Waals surface area contributed by atoms with E-state index in [9.17, 15) is 9.59 Å². The molecular weight excluding hydrogens is 394 g/mol. The third-order valence-electron chi connectivity index (χ3n) is 4.30. The first-order valence-electron chi connectivity index (χ1n) is 8.71. The molecule has 2 aromatic rings. The maximum absolute atomic E-state index is 12.1. The van der Waals surface area contributed by atoms with Gasteiger partial charge in [0.05, 0.1) is 12.6 Å². The average molecular weight is 416 g/mol. The van der Waals surface area contributed by atoms with Crippen molar-refractivity contribution >= 4 is 39.1 Å². The molecule has 1 aliphatic carbocycles. The Kier molecular flexibility index (Phi) is 5.93. The van der Waals surface area contributed by atoms with Crippen LogP contribution in [0.4, 0.5) is 11.4 Å². The van der Waals surface area contributed by atoms with Crippen LogP contribution in [-0.4, -0.2) is 18.4 Å². The monoisotopic (exact) mass is 415 g/mol. The van der Waals surface area contributed by atoms with E-state index in [-0.39, 0.29) is 30.3 Å². The van der Waals surface area contributed by atoms with E-state index in [1.54, 1.807) is 0 Å². The van der Waals surface area contributed by atoms with Crippen LogP contribution in [-0.2, 0) is 9.59 Å².